The van der Waals surface area contributed by atoms with Crippen LogP contribution in [0.4, 0.5) is 11.4 Å². The highest BCUT2D eigenvalue weighted by Gasteiger charge is 2.47. The average Bonchev–Trinajstić information content (AvgIpc) is 2.91. The molecule has 2 N–H and O–H groups in total. The first-order valence-corrected chi connectivity index (χ1v) is 14.7. The Morgan fingerprint density at radius 2 is 1.64 bits per heavy atom. The van der Waals surface area contributed by atoms with Crippen LogP contribution in [0.15, 0.2) is 59.8 Å². The summed E-state index contributed by atoms with van der Waals surface area (Å²) in [5, 5.41) is 15.6. The molecular weight excluding hydrogens is 506 g/mol. The van der Waals surface area contributed by atoms with E-state index in [2.05, 4.69) is 34.3 Å². The fraction of sp³-hybridized carbons (Fsp3) is 0.452. The van der Waals surface area contributed by atoms with Crippen LogP contribution in [0.5, 0.6) is 0 Å². The van der Waals surface area contributed by atoms with E-state index in [-0.39, 0.29) is 5.91 Å². The number of aromatic nitrogens is 2. The number of rotatable bonds is 10. The summed E-state index contributed by atoms with van der Waals surface area (Å²) in [5.41, 5.74) is 5.06. The van der Waals surface area contributed by atoms with E-state index in [9.17, 15) is 9.90 Å². The van der Waals surface area contributed by atoms with Gasteiger partial charge in [-0.1, -0.05) is 55.3 Å². The minimum Gasteiger partial charge on any atom is -0.378 e. The molecule has 1 fully saturated rings. The zero-order valence-electron chi connectivity index (χ0n) is 23.8. The number of anilines is 2. The molecule has 1 aromatic heterocycles. The van der Waals surface area contributed by atoms with Crippen molar-refractivity contribution < 1.29 is 9.90 Å². The van der Waals surface area contributed by atoms with Gasteiger partial charge in [0.15, 0.2) is 5.16 Å². The Hall–Kier alpha value is -2.94. The summed E-state index contributed by atoms with van der Waals surface area (Å²) in [7, 11) is 3.99. The predicted molar refractivity (Wildman–Crippen MR) is 160 cm³/mol. The molecule has 39 heavy (non-hydrogen) atoms. The molecule has 8 heteroatoms. The van der Waals surface area contributed by atoms with Crippen LogP contribution in [0.25, 0.3) is 0 Å². The van der Waals surface area contributed by atoms with Gasteiger partial charge in [0.2, 0.25) is 5.91 Å². The van der Waals surface area contributed by atoms with Gasteiger partial charge in [-0.3, -0.25) is 9.69 Å². The summed E-state index contributed by atoms with van der Waals surface area (Å²) in [6, 6.07) is 18.0. The number of nitrogens with one attached hydrogen (secondary N) is 1. The van der Waals surface area contributed by atoms with Crippen LogP contribution in [0.1, 0.15) is 54.6 Å². The van der Waals surface area contributed by atoms with Crippen molar-refractivity contribution in [3.05, 3.63) is 77.1 Å². The molecule has 0 bridgehead atoms. The standard InChI is InChI=1S/C31H41N5O2S/c1-22-11-7-8-12-25(22)20-36(28(37)21-39-30-32-23(2)19-24(3)33-30)31(17-9-6-10-18-31)29(38)34-26-13-15-27(16-14-26)35(4)5/h7-8,11-16,19,28,37H,6,9-10,17-18,20-21H2,1-5H3,(H,34,38)/t28-/m0/s1. The van der Waals surface area contributed by atoms with E-state index in [4.69, 9.17) is 0 Å². The lowest BCUT2D eigenvalue weighted by atomic mass is 9.78. The van der Waals surface area contributed by atoms with Crippen molar-refractivity contribution in [2.45, 2.75) is 76.3 Å². The molecule has 3 aromatic rings. The third kappa shape index (κ3) is 7.18. The molecule has 0 radical (unpaired) electrons. The maximum Gasteiger partial charge on any atom is 0.244 e. The maximum atomic E-state index is 14.2. The number of thioether (sulfide) groups is 1. The second-order valence-electron chi connectivity index (χ2n) is 10.8. The molecule has 2 aromatic carbocycles. The third-order valence-corrected chi connectivity index (χ3v) is 8.49. The number of aliphatic hydroxyl groups excluding tert-OH is 1. The lowest BCUT2D eigenvalue weighted by Crippen LogP contribution is -2.61. The van der Waals surface area contributed by atoms with Crippen LogP contribution in [0, 0.1) is 20.8 Å². The summed E-state index contributed by atoms with van der Waals surface area (Å²) in [6.07, 6.45) is 3.50. The highest BCUT2D eigenvalue weighted by molar-refractivity contribution is 7.99. The van der Waals surface area contributed by atoms with Gasteiger partial charge in [-0.2, -0.15) is 0 Å². The Kier molecular flexibility index (Phi) is 9.64. The predicted octanol–water partition coefficient (Wildman–Crippen LogP) is 5.72. The van der Waals surface area contributed by atoms with Crippen LogP contribution in [0.2, 0.25) is 0 Å². The largest absolute Gasteiger partial charge is 0.378 e. The Bertz CT molecular complexity index is 1240. The summed E-state index contributed by atoms with van der Waals surface area (Å²) in [5.74, 6) is 0.307. The summed E-state index contributed by atoms with van der Waals surface area (Å²) >= 11 is 1.43. The normalized spacial score (nSPS) is 15.7. The molecule has 0 spiro atoms. The van der Waals surface area contributed by atoms with Gasteiger partial charge in [0.05, 0.1) is 0 Å². The number of aryl methyl sites for hydroxylation is 3. The van der Waals surface area contributed by atoms with Crippen molar-refractivity contribution in [2.24, 2.45) is 0 Å². The summed E-state index contributed by atoms with van der Waals surface area (Å²) in [6.45, 7) is 6.46. The van der Waals surface area contributed by atoms with Crippen LogP contribution in [0.3, 0.4) is 0 Å². The van der Waals surface area contributed by atoms with Crippen LogP contribution in [-0.4, -0.2) is 57.5 Å². The van der Waals surface area contributed by atoms with Gasteiger partial charge >= 0.3 is 0 Å². The van der Waals surface area contributed by atoms with Crippen LogP contribution in [-0.2, 0) is 11.3 Å². The molecule has 1 aliphatic carbocycles. The number of nitrogens with zero attached hydrogens (tertiary/aromatic N) is 4. The Morgan fingerprint density at radius 3 is 2.26 bits per heavy atom. The van der Waals surface area contributed by atoms with Crippen molar-refractivity contribution in [2.75, 3.05) is 30.1 Å². The van der Waals surface area contributed by atoms with E-state index >= 15 is 0 Å². The first kappa shape index (κ1) is 29.1. The van der Waals surface area contributed by atoms with E-state index in [1.807, 2.05) is 80.2 Å². The minimum absolute atomic E-state index is 0.0555. The summed E-state index contributed by atoms with van der Waals surface area (Å²) in [4.78, 5) is 27.3. The zero-order valence-corrected chi connectivity index (χ0v) is 24.6. The Balaban J connectivity index is 1.65. The van der Waals surface area contributed by atoms with Gasteiger partial charge in [-0.25, -0.2) is 9.97 Å². The molecule has 208 valence electrons. The number of hydrogen-bond acceptors (Lipinski definition) is 7. The smallest absolute Gasteiger partial charge is 0.244 e. The second kappa shape index (κ2) is 12.9. The van der Waals surface area contributed by atoms with Crippen molar-refractivity contribution in [3.8, 4) is 0 Å². The Morgan fingerprint density at radius 1 is 1.00 bits per heavy atom. The molecule has 0 aliphatic heterocycles. The second-order valence-corrected chi connectivity index (χ2v) is 11.8. The molecule has 1 heterocycles. The molecule has 1 saturated carbocycles. The molecule has 0 saturated heterocycles. The van der Waals surface area contributed by atoms with Gasteiger partial charge in [-0.05, 0) is 75.1 Å². The zero-order chi connectivity index (χ0) is 28.0. The monoisotopic (exact) mass is 547 g/mol. The fourth-order valence-electron chi connectivity index (χ4n) is 5.38. The molecule has 1 aliphatic rings. The fourth-order valence-corrected chi connectivity index (χ4v) is 6.28. The van der Waals surface area contributed by atoms with Gasteiger partial charge in [-0.15, -0.1) is 0 Å². The summed E-state index contributed by atoms with van der Waals surface area (Å²) < 4.78 is 0. The Labute approximate surface area is 237 Å². The lowest BCUT2D eigenvalue weighted by Gasteiger charge is -2.47. The topological polar surface area (TPSA) is 81.6 Å². The van der Waals surface area contributed by atoms with Gasteiger partial charge < -0.3 is 15.3 Å². The molecule has 0 unspecified atom stereocenters. The van der Waals surface area contributed by atoms with Crippen molar-refractivity contribution in [3.63, 3.8) is 0 Å². The number of carbonyl (C=O) groups is 1. The lowest BCUT2D eigenvalue weighted by molar-refractivity contribution is -0.142. The highest BCUT2D eigenvalue weighted by atomic mass is 32.2. The number of hydrogen-bond donors (Lipinski definition) is 2. The van der Waals surface area contributed by atoms with Crippen LogP contribution < -0.4 is 10.2 Å². The van der Waals surface area contributed by atoms with E-state index in [0.717, 1.165) is 53.2 Å². The number of amides is 1. The minimum atomic E-state index is -0.862. The van der Waals surface area contributed by atoms with Crippen molar-refractivity contribution in [1.29, 1.82) is 0 Å². The van der Waals surface area contributed by atoms with Gasteiger partial charge in [0.25, 0.3) is 0 Å². The van der Waals surface area contributed by atoms with E-state index in [1.54, 1.807) is 0 Å². The quantitative estimate of drug-likeness (QED) is 0.191. The SMILES string of the molecule is Cc1cc(C)nc(SC[C@H](O)N(Cc2ccccc2C)C2(C(=O)Nc3ccc(N(C)C)cc3)CCCCC2)n1. The van der Waals surface area contributed by atoms with Crippen LogP contribution >= 0.6 is 11.8 Å². The molecular formula is C31H41N5O2S. The maximum absolute atomic E-state index is 14.2. The van der Waals surface area contributed by atoms with E-state index in [1.165, 1.54) is 11.8 Å². The third-order valence-electron chi connectivity index (χ3n) is 7.58. The first-order chi connectivity index (χ1) is 18.7. The van der Waals surface area contributed by atoms with Gasteiger partial charge in [0, 0.05) is 49.2 Å². The number of benzene rings is 2. The molecule has 7 nitrogen and oxygen atoms in total. The van der Waals surface area contributed by atoms with Crippen molar-refractivity contribution in [1.82, 2.24) is 14.9 Å². The molecule has 4 rings (SSSR count). The van der Waals surface area contributed by atoms with E-state index in [0.29, 0.717) is 30.3 Å². The van der Waals surface area contributed by atoms with E-state index < -0.39 is 11.8 Å². The van der Waals surface area contributed by atoms with Gasteiger partial charge in [0.1, 0.15) is 11.8 Å². The molecule has 1 atom stereocenters. The number of carbonyl (C=O) groups excluding carboxylic acids is 1. The number of aliphatic hydroxyl groups is 1. The average molecular weight is 548 g/mol. The van der Waals surface area contributed by atoms with Crippen molar-refractivity contribution >= 4 is 29.0 Å². The first-order valence-electron chi connectivity index (χ1n) is 13.7. The highest BCUT2D eigenvalue weighted by Crippen LogP contribution is 2.38. The molecule has 1 amide bonds.